The van der Waals surface area contributed by atoms with E-state index < -0.39 is 24.9 Å². The lowest BCUT2D eigenvalue weighted by Gasteiger charge is -2.22. The molecule has 0 atom stereocenters. The zero-order valence-corrected chi connectivity index (χ0v) is 10.6. The van der Waals surface area contributed by atoms with Gasteiger partial charge in [0, 0.05) is 33.0 Å². The van der Waals surface area contributed by atoms with Crippen molar-refractivity contribution in [1.29, 1.82) is 0 Å². The average molecular weight is 285 g/mol. The molecule has 0 spiro atoms. The van der Waals surface area contributed by atoms with Crippen LogP contribution in [0.2, 0.25) is 0 Å². The molecule has 112 valence electrons. The Morgan fingerprint density at radius 2 is 2.00 bits per heavy atom. The van der Waals surface area contributed by atoms with Crippen LogP contribution in [0, 0.1) is 0 Å². The van der Waals surface area contributed by atoms with Crippen LogP contribution in [0.3, 0.4) is 0 Å². The van der Waals surface area contributed by atoms with Gasteiger partial charge in [0.05, 0.1) is 13.0 Å². The molecule has 19 heavy (non-hydrogen) atoms. The molecule has 3 N–H and O–H groups in total. The first-order valence-corrected chi connectivity index (χ1v) is 5.60. The Morgan fingerprint density at radius 1 is 1.37 bits per heavy atom. The SMILES string of the molecule is COCCN(CCC(N)=NO)C(=O)CCC(F)(F)F. The predicted octanol–water partition coefficient (Wildman–Crippen LogP) is 0.940. The third kappa shape index (κ3) is 9.11. The number of rotatable bonds is 8. The highest BCUT2D eigenvalue weighted by Crippen LogP contribution is 2.21. The summed E-state index contributed by atoms with van der Waals surface area (Å²) >= 11 is 0. The number of methoxy groups -OCH3 is 1. The van der Waals surface area contributed by atoms with Crippen LogP contribution in [0.5, 0.6) is 0 Å². The Labute approximate surface area is 109 Å². The van der Waals surface area contributed by atoms with Gasteiger partial charge in [-0.25, -0.2) is 0 Å². The van der Waals surface area contributed by atoms with Crippen molar-refractivity contribution < 1.29 is 27.9 Å². The van der Waals surface area contributed by atoms with E-state index in [-0.39, 0.29) is 32.0 Å². The monoisotopic (exact) mass is 285 g/mol. The second-order valence-electron chi connectivity index (χ2n) is 3.83. The van der Waals surface area contributed by atoms with Crippen molar-refractivity contribution in [3.63, 3.8) is 0 Å². The molecule has 0 aromatic rings. The number of nitrogens with zero attached hydrogens (tertiary/aromatic N) is 2. The van der Waals surface area contributed by atoms with Crippen molar-refractivity contribution in [2.24, 2.45) is 10.9 Å². The molecule has 0 fully saturated rings. The summed E-state index contributed by atoms with van der Waals surface area (Å²) in [5.74, 6) is -0.730. The highest BCUT2D eigenvalue weighted by Gasteiger charge is 2.29. The van der Waals surface area contributed by atoms with Crippen molar-refractivity contribution in [2.75, 3.05) is 26.8 Å². The number of alkyl halides is 3. The van der Waals surface area contributed by atoms with Crippen LogP contribution in [-0.2, 0) is 9.53 Å². The molecule has 0 aromatic carbocycles. The third-order valence-corrected chi connectivity index (χ3v) is 2.31. The number of carbonyl (C=O) groups is 1. The van der Waals surface area contributed by atoms with Crippen LogP contribution in [0.25, 0.3) is 0 Å². The van der Waals surface area contributed by atoms with Crippen molar-refractivity contribution in [1.82, 2.24) is 4.90 Å². The highest BCUT2D eigenvalue weighted by atomic mass is 19.4. The number of amidine groups is 1. The van der Waals surface area contributed by atoms with E-state index in [4.69, 9.17) is 15.7 Å². The first-order chi connectivity index (χ1) is 8.80. The molecule has 0 radical (unpaired) electrons. The van der Waals surface area contributed by atoms with E-state index in [1.165, 1.54) is 12.0 Å². The molecule has 6 nitrogen and oxygen atoms in total. The van der Waals surface area contributed by atoms with E-state index in [1.54, 1.807) is 0 Å². The van der Waals surface area contributed by atoms with Gasteiger partial charge in [0.1, 0.15) is 5.84 Å². The molecule has 1 amide bonds. The number of ether oxygens (including phenoxy) is 1. The van der Waals surface area contributed by atoms with E-state index in [9.17, 15) is 18.0 Å². The summed E-state index contributed by atoms with van der Waals surface area (Å²) in [5, 5.41) is 11.1. The van der Waals surface area contributed by atoms with E-state index in [0.29, 0.717) is 0 Å². The molecule has 0 heterocycles. The summed E-state index contributed by atoms with van der Waals surface area (Å²) in [4.78, 5) is 12.8. The van der Waals surface area contributed by atoms with E-state index in [2.05, 4.69) is 5.16 Å². The summed E-state index contributed by atoms with van der Waals surface area (Å²) in [6, 6.07) is 0. The Morgan fingerprint density at radius 3 is 2.47 bits per heavy atom. The fourth-order valence-corrected chi connectivity index (χ4v) is 1.27. The number of amides is 1. The van der Waals surface area contributed by atoms with Gasteiger partial charge in [-0.2, -0.15) is 13.2 Å². The minimum absolute atomic E-state index is 0.0793. The van der Waals surface area contributed by atoms with Gasteiger partial charge in [0.25, 0.3) is 0 Å². The maximum absolute atomic E-state index is 12.0. The summed E-state index contributed by atoms with van der Waals surface area (Å²) in [7, 11) is 1.42. The van der Waals surface area contributed by atoms with Crippen LogP contribution in [-0.4, -0.2) is 54.8 Å². The number of halogens is 3. The van der Waals surface area contributed by atoms with Crippen LogP contribution in [0.15, 0.2) is 5.16 Å². The Bertz CT molecular complexity index is 308. The number of hydrogen-bond donors (Lipinski definition) is 2. The van der Waals surface area contributed by atoms with Gasteiger partial charge in [-0.15, -0.1) is 0 Å². The summed E-state index contributed by atoms with van der Waals surface area (Å²) in [6.07, 6.45) is -6.07. The number of carbonyl (C=O) groups excluding carboxylic acids is 1. The van der Waals surface area contributed by atoms with Crippen LogP contribution in [0.1, 0.15) is 19.3 Å². The third-order valence-electron chi connectivity index (χ3n) is 2.31. The van der Waals surface area contributed by atoms with E-state index >= 15 is 0 Å². The smallest absolute Gasteiger partial charge is 0.389 e. The van der Waals surface area contributed by atoms with Gasteiger partial charge in [0.15, 0.2) is 0 Å². The second kappa shape index (κ2) is 8.57. The van der Waals surface area contributed by atoms with Crippen molar-refractivity contribution >= 4 is 11.7 Å². The maximum atomic E-state index is 12.0. The number of oxime groups is 1. The fraction of sp³-hybridized carbons (Fsp3) is 0.800. The molecular formula is C10H18F3N3O3. The lowest BCUT2D eigenvalue weighted by molar-refractivity contribution is -0.149. The molecule has 0 rings (SSSR count). The molecule has 0 saturated carbocycles. The molecule has 9 heteroatoms. The quantitative estimate of drug-likeness (QED) is 0.301. The molecule has 0 saturated heterocycles. The Hall–Kier alpha value is -1.51. The van der Waals surface area contributed by atoms with Crippen LogP contribution < -0.4 is 5.73 Å². The van der Waals surface area contributed by atoms with Crippen molar-refractivity contribution in [3.05, 3.63) is 0 Å². The summed E-state index contributed by atoms with van der Waals surface area (Å²) < 4.78 is 40.9. The standard InChI is InChI=1S/C10H18F3N3O3/c1-19-7-6-16(5-3-8(14)15-18)9(17)2-4-10(11,12)13/h18H,2-7H2,1H3,(H2,14,15). The van der Waals surface area contributed by atoms with E-state index in [1.807, 2.05) is 0 Å². The minimum Gasteiger partial charge on any atom is -0.409 e. The zero-order valence-electron chi connectivity index (χ0n) is 10.6. The van der Waals surface area contributed by atoms with Crippen molar-refractivity contribution in [3.8, 4) is 0 Å². The first-order valence-electron chi connectivity index (χ1n) is 5.60. The molecule has 0 bridgehead atoms. The summed E-state index contributed by atoms with van der Waals surface area (Å²) in [5.41, 5.74) is 5.24. The van der Waals surface area contributed by atoms with Gasteiger partial charge in [-0.3, -0.25) is 4.79 Å². The first kappa shape index (κ1) is 17.5. The second-order valence-corrected chi connectivity index (χ2v) is 3.83. The molecule has 0 unspecified atom stereocenters. The largest absolute Gasteiger partial charge is 0.409 e. The average Bonchev–Trinajstić information content (AvgIpc) is 2.34. The Balaban J connectivity index is 4.34. The maximum Gasteiger partial charge on any atom is 0.389 e. The number of hydrogen-bond acceptors (Lipinski definition) is 4. The molecule has 0 aliphatic carbocycles. The molecular weight excluding hydrogens is 267 g/mol. The normalized spacial score (nSPS) is 12.5. The zero-order chi connectivity index (χ0) is 14.9. The molecule has 0 aromatic heterocycles. The van der Waals surface area contributed by atoms with Gasteiger partial charge in [0.2, 0.25) is 5.91 Å². The summed E-state index contributed by atoms with van der Waals surface area (Å²) in [6.45, 7) is 0.440. The van der Waals surface area contributed by atoms with Gasteiger partial charge in [-0.05, 0) is 0 Å². The van der Waals surface area contributed by atoms with Crippen LogP contribution >= 0.6 is 0 Å². The topological polar surface area (TPSA) is 88.2 Å². The molecule has 0 aliphatic rings. The van der Waals surface area contributed by atoms with E-state index in [0.717, 1.165) is 0 Å². The van der Waals surface area contributed by atoms with Gasteiger partial charge < -0.3 is 20.6 Å². The Kier molecular flexibility index (Phi) is 7.89. The van der Waals surface area contributed by atoms with Crippen LogP contribution in [0.4, 0.5) is 13.2 Å². The van der Waals surface area contributed by atoms with Crippen molar-refractivity contribution in [2.45, 2.75) is 25.4 Å². The lowest BCUT2D eigenvalue weighted by atomic mass is 10.2. The fourth-order valence-electron chi connectivity index (χ4n) is 1.27. The highest BCUT2D eigenvalue weighted by molar-refractivity contribution is 5.81. The van der Waals surface area contributed by atoms with Gasteiger partial charge >= 0.3 is 6.18 Å². The minimum atomic E-state index is -4.37. The molecule has 0 aliphatic heterocycles. The van der Waals surface area contributed by atoms with Gasteiger partial charge in [-0.1, -0.05) is 5.16 Å². The lowest BCUT2D eigenvalue weighted by Crippen LogP contribution is -2.37. The number of nitrogens with two attached hydrogens (primary N) is 1. The predicted molar refractivity (Wildman–Crippen MR) is 61.8 cm³/mol.